The van der Waals surface area contributed by atoms with E-state index < -0.39 is 0 Å². The van der Waals surface area contributed by atoms with Crippen molar-refractivity contribution in [3.63, 3.8) is 0 Å². The maximum Gasteiger partial charge on any atom is 0.246 e. The van der Waals surface area contributed by atoms with Crippen molar-refractivity contribution < 1.29 is 9.59 Å². The van der Waals surface area contributed by atoms with Crippen molar-refractivity contribution in [2.75, 3.05) is 18.4 Å². The topological polar surface area (TPSA) is 67.2 Å². The Morgan fingerprint density at radius 3 is 2.36 bits per heavy atom. The molecule has 0 atom stereocenters. The van der Waals surface area contributed by atoms with E-state index in [9.17, 15) is 9.59 Å². The van der Waals surface area contributed by atoms with Gasteiger partial charge in [-0.15, -0.1) is 0 Å². The van der Waals surface area contributed by atoms with Gasteiger partial charge in [0.1, 0.15) is 0 Å². The molecule has 0 fully saturated rings. The van der Waals surface area contributed by atoms with E-state index >= 15 is 0 Å². The molecule has 0 aliphatic rings. The Labute approximate surface area is 196 Å². The second-order valence-electron chi connectivity index (χ2n) is 9.34. The summed E-state index contributed by atoms with van der Waals surface area (Å²) in [6.45, 7) is 10.7. The molecule has 174 valence electrons. The lowest BCUT2D eigenvalue weighted by molar-refractivity contribution is -0.135. The molecule has 3 aromatic rings. The zero-order valence-corrected chi connectivity index (χ0v) is 20.2. The van der Waals surface area contributed by atoms with Gasteiger partial charge in [-0.05, 0) is 36.5 Å². The van der Waals surface area contributed by atoms with Crippen molar-refractivity contribution in [3.05, 3.63) is 66.4 Å². The third-order valence-electron chi connectivity index (χ3n) is 5.16. The number of nitrogens with one attached hydrogen (secondary N) is 1. The molecule has 0 bridgehead atoms. The molecule has 1 aromatic heterocycles. The Kier molecular flexibility index (Phi) is 8.04. The number of amides is 2. The number of carbonyl (C=O) groups excluding carboxylic acids is 2. The quantitative estimate of drug-likeness (QED) is 0.484. The van der Waals surface area contributed by atoms with Crippen LogP contribution in [0.15, 0.2) is 60.8 Å². The molecule has 0 radical (unpaired) electrons. The lowest BCUT2D eigenvalue weighted by Crippen LogP contribution is -2.40. The standard InChI is InChI=1S/C27H34N4O2/c1-19(2)14-26(33)30(16-20(3)4)18-25(32)29-27-28-24(22-11-7-6-8-12-22)17-31(27)23-13-9-10-21(5)15-23/h6-13,15,17,19-20H,14,16,18H2,1-5H3,(H,28,29,32). The van der Waals surface area contributed by atoms with Crippen LogP contribution >= 0.6 is 0 Å². The monoisotopic (exact) mass is 446 g/mol. The lowest BCUT2D eigenvalue weighted by atomic mass is 10.1. The fraction of sp³-hybridized carbons (Fsp3) is 0.370. The number of rotatable bonds is 9. The second-order valence-corrected chi connectivity index (χ2v) is 9.34. The number of imidazole rings is 1. The largest absolute Gasteiger partial charge is 0.333 e. The first kappa shape index (κ1) is 24.2. The Hall–Kier alpha value is -3.41. The first-order valence-corrected chi connectivity index (χ1v) is 11.5. The first-order valence-electron chi connectivity index (χ1n) is 11.5. The summed E-state index contributed by atoms with van der Waals surface area (Å²) in [5.74, 6) is 0.690. The van der Waals surface area contributed by atoms with E-state index in [2.05, 4.69) is 5.32 Å². The highest BCUT2D eigenvalue weighted by atomic mass is 16.2. The summed E-state index contributed by atoms with van der Waals surface area (Å²) in [5, 5.41) is 2.95. The number of hydrogen-bond acceptors (Lipinski definition) is 3. The van der Waals surface area contributed by atoms with Crippen LogP contribution in [0.3, 0.4) is 0 Å². The van der Waals surface area contributed by atoms with Crippen molar-refractivity contribution in [1.82, 2.24) is 14.5 Å². The minimum atomic E-state index is -0.258. The van der Waals surface area contributed by atoms with Crippen LogP contribution in [-0.4, -0.2) is 39.4 Å². The van der Waals surface area contributed by atoms with E-state index in [4.69, 9.17) is 4.98 Å². The van der Waals surface area contributed by atoms with Crippen LogP contribution in [0.1, 0.15) is 39.7 Å². The molecule has 3 rings (SSSR count). The molecule has 0 spiro atoms. The van der Waals surface area contributed by atoms with Crippen LogP contribution in [0.25, 0.3) is 16.9 Å². The summed E-state index contributed by atoms with van der Waals surface area (Å²) in [4.78, 5) is 32.1. The molecule has 0 unspecified atom stereocenters. The molecule has 2 aromatic carbocycles. The van der Waals surface area contributed by atoms with Gasteiger partial charge < -0.3 is 4.90 Å². The average Bonchev–Trinajstić information content (AvgIpc) is 3.16. The number of hydrogen-bond donors (Lipinski definition) is 1. The minimum absolute atomic E-state index is 0.000788. The van der Waals surface area contributed by atoms with Crippen LogP contribution in [0, 0.1) is 18.8 Å². The van der Waals surface area contributed by atoms with Crippen LogP contribution in [0.2, 0.25) is 0 Å². The van der Waals surface area contributed by atoms with Gasteiger partial charge in [-0.25, -0.2) is 4.98 Å². The number of carbonyl (C=O) groups is 2. The molecular weight excluding hydrogens is 412 g/mol. The zero-order valence-electron chi connectivity index (χ0n) is 20.2. The van der Waals surface area contributed by atoms with Gasteiger partial charge in [-0.3, -0.25) is 19.5 Å². The van der Waals surface area contributed by atoms with Crippen molar-refractivity contribution in [2.24, 2.45) is 11.8 Å². The number of nitrogens with zero attached hydrogens (tertiary/aromatic N) is 3. The van der Waals surface area contributed by atoms with Gasteiger partial charge in [0.2, 0.25) is 17.8 Å². The van der Waals surface area contributed by atoms with E-state index in [1.54, 1.807) is 4.90 Å². The molecule has 1 heterocycles. The van der Waals surface area contributed by atoms with Gasteiger partial charge >= 0.3 is 0 Å². The molecule has 33 heavy (non-hydrogen) atoms. The summed E-state index contributed by atoms with van der Waals surface area (Å²) in [7, 11) is 0. The van der Waals surface area contributed by atoms with Crippen molar-refractivity contribution in [1.29, 1.82) is 0 Å². The van der Waals surface area contributed by atoms with Gasteiger partial charge in [0, 0.05) is 30.4 Å². The van der Waals surface area contributed by atoms with Gasteiger partial charge in [0.25, 0.3) is 0 Å². The van der Waals surface area contributed by atoms with E-state index in [0.29, 0.717) is 18.9 Å². The molecule has 0 aliphatic heterocycles. The van der Waals surface area contributed by atoms with Crippen LogP contribution in [0.5, 0.6) is 0 Å². The normalized spacial score (nSPS) is 11.1. The fourth-order valence-corrected chi connectivity index (χ4v) is 3.70. The maximum atomic E-state index is 13.0. The molecule has 1 N–H and O–H groups in total. The van der Waals surface area contributed by atoms with Gasteiger partial charge in [0.15, 0.2) is 0 Å². The predicted octanol–water partition coefficient (Wildman–Crippen LogP) is 5.32. The maximum absolute atomic E-state index is 13.0. The lowest BCUT2D eigenvalue weighted by Gasteiger charge is -2.25. The van der Waals surface area contributed by atoms with Crippen LogP contribution in [-0.2, 0) is 9.59 Å². The second kappa shape index (κ2) is 10.9. The molecule has 0 saturated heterocycles. The van der Waals surface area contributed by atoms with E-state index in [1.165, 1.54) is 0 Å². The molecule has 6 heteroatoms. The van der Waals surface area contributed by atoms with Crippen LogP contribution in [0.4, 0.5) is 5.95 Å². The Morgan fingerprint density at radius 2 is 1.73 bits per heavy atom. The molecule has 0 aliphatic carbocycles. The molecule has 2 amide bonds. The SMILES string of the molecule is Cc1cccc(-n2cc(-c3ccccc3)nc2NC(=O)CN(CC(C)C)C(=O)CC(C)C)c1. The minimum Gasteiger partial charge on any atom is -0.333 e. The summed E-state index contributed by atoms with van der Waals surface area (Å²) < 4.78 is 1.88. The van der Waals surface area contributed by atoms with Crippen molar-refractivity contribution in [2.45, 2.75) is 41.0 Å². The third-order valence-corrected chi connectivity index (χ3v) is 5.16. The first-order chi connectivity index (χ1) is 15.7. The number of anilines is 1. The summed E-state index contributed by atoms with van der Waals surface area (Å²) in [5.41, 5.74) is 3.76. The molecular formula is C27H34N4O2. The summed E-state index contributed by atoms with van der Waals surface area (Å²) in [6.07, 6.45) is 2.35. The number of benzene rings is 2. The van der Waals surface area contributed by atoms with Crippen molar-refractivity contribution in [3.8, 4) is 16.9 Å². The third kappa shape index (κ3) is 6.78. The average molecular weight is 447 g/mol. The highest BCUT2D eigenvalue weighted by Gasteiger charge is 2.21. The van der Waals surface area contributed by atoms with Gasteiger partial charge in [-0.1, -0.05) is 70.2 Å². The highest BCUT2D eigenvalue weighted by Crippen LogP contribution is 2.24. The summed E-state index contributed by atoms with van der Waals surface area (Å²) in [6, 6.07) is 17.9. The Morgan fingerprint density at radius 1 is 1.00 bits per heavy atom. The molecule has 6 nitrogen and oxygen atoms in total. The van der Waals surface area contributed by atoms with Gasteiger partial charge in [-0.2, -0.15) is 0 Å². The predicted molar refractivity (Wildman–Crippen MR) is 133 cm³/mol. The number of aryl methyl sites for hydroxylation is 1. The van der Waals surface area contributed by atoms with E-state index in [0.717, 1.165) is 22.5 Å². The zero-order chi connectivity index (χ0) is 24.0. The summed E-state index contributed by atoms with van der Waals surface area (Å²) >= 11 is 0. The Bertz CT molecular complexity index is 1090. The van der Waals surface area contributed by atoms with E-state index in [-0.39, 0.29) is 30.2 Å². The number of aromatic nitrogens is 2. The fourth-order valence-electron chi connectivity index (χ4n) is 3.70. The van der Waals surface area contributed by atoms with Crippen LogP contribution < -0.4 is 5.32 Å². The van der Waals surface area contributed by atoms with E-state index in [1.807, 2.05) is 100.0 Å². The Balaban J connectivity index is 1.88. The van der Waals surface area contributed by atoms with Crippen molar-refractivity contribution >= 4 is 17.8 Å². The highest BCUT2D eigenvalue weighted by molar-refractivity contribution is 5.94. The smallest absolute Gasteiger partial charge is 0.246 e. The van der Waals surface area contributed by atoms with Gasteiger partial charge in [0.05, 0.1) is 12.2 Å². The molecule has 0 saturated carbocycles.